The van der Waals surface area contributed by atoms with Crippen molar-refractivity contribution < 1.29 is 0 Å². The fourth-order valence-electron chi connectivity index (χ4n) is 2.52. The van der Waals surface area contributed by atoms with Gasteiger partial charge in [0.15, 0.2) is 0 Å². The first-order valence-electron chi connectivity index (χ1n) is 6.91. The molecule has 0 unspecified atom stereocenters. The average molecular weight is 367 g/mol. The SMILES string of the molecule is C[SiH](C)[N]([GeH2][N]([Si](C)(C)C)[Si](C)(C)C)[SiH](C)C. The van der Waals surface area contributed by atoms with Crippen molar-refractivity contribution in [2.45, 2.75) is 65.5 Å². The Bertz CT molecular complexity index is 213. The standard InChI is InChI=1S/C10H34GeN2Si4/c1-14(2)12(15(3)4)11-13(16(5,6)7)17(8,9)10/h14-15H,11H2,1-10H3. The Labute approximate surface area is 122 Å². The maximum atomic E-state index is 3.12. The van der Waals surface area contributed by atoms with Crippen LogP contribution in [0.4, 0.5) is 0 Å². The Kier molecular flexibility index (Phi) is 7.19. The van der Waals surface area contributed by atoms with Gasteiger partial charge in [-0.3, -0.25) is 0 Å². The van der Waals surface area contributed by atoms with E-state index in [4.69, 9.17) is 0 Å². The number of hydrogen-bond acceptors (Lipinski definition) is 2. The molecule has 0 N–H and O–H groups in total. The van der Waals surface area contributed by atoms with Gasteiger partial charge in [0.2, 0.25) is 0 Å². The first-order valence-corrected chi connectivity index (χ1v) is 22.1. The van der Waals surface area contributed by atoms with Crippen LogP contribution in [0.3, 0.4) is 0 Å². The monoisotopic (exact) mass is 368 g/mol. The molecular formula is C10H34GeN2Si4. The number of rotatable bonds is 6. The van der Waals surface area contributed by atoms with Crippen molar-refractivity contribution >= 4 is 50.3 Å². The predicted molar refractivity (Wildman–Crippen MR) is 96.7 cm³/mol. The molecule has 104 valence electrons. The van der Waals surface area contributed by atoms with Gasteiger partial charge in [0.1, 0.15) is 0 Å². The normalized spacial score (nSPS) is 15.2. The third-order valence-electron chi connectivity index (χ3n) is 3.25. The molecule has 17 heavy (non-hydrogen) atoms. The van der Waals surface area contributed by atoms with E-state index in [1.165, 1.54) is 0 Å². The van der Waals surface area contributed by atoms with Crippen molar-refractivity contribution in [1.29, 1.82) is 0 Å². The molecule has 7 heteroatoms. The van der Waals surface area contributed by atoms with Crippen LogP contribution in [0.2, 0.25) is 65.5 Å². The summed E-state index contributed by atoms with van der Waals surface area (Å²) in [4.78, 5) is 0. The van der Waals surface area contributed by atoms with Gasteiger partial charge in [-0.05, 0) is 0 Å². The van der Waals surface area contributed by atoms with Gasteiger partial charge in [-0.25, -0.2) is 0 Å². The Morgan fingerprint density at radius 2 is 1.00 bits per heavy atom. The van der Waals surface area contributed by atoms with Crippen molar-refractivity contribution in [1.82, 2.24) is 6.38 Å². The van der Waals surface area contributed by atoms with E-state index in [0.29, 0.717) is 0 Å². The van der Waals surface area contributed by atoms with Crippen molar-refractivity contribution in [3.05, 3.63) is 0 Å². The number of nitrogens with zero attached hydrogens (tertiary/aromatic N) is 2. The molecule has 0 aliphatic carbocycles. The molecule has 0 amide bonds. The molecule has 0 atom stereocenters. The van der Waals surface area contributed by atoms with Gasteiger partial charge in [0.25, 0.3) is 0 Å². The Hall–Kier alpha value is 1.33. The van der Waals surface area contributed by atoms with E-state index in [-0.39, 0.29) is 0 Å². The van der Waals surface area contributed by atoms with Crippen LogP contribution >= 0.6 is 0 Å². The van der Waals surface area contributed by atoms with Crippen LogP contribution in [0.15, 0.2) is 0 Å². The molecule has 0 heterocycles. The minimum absolute atomic E-state index is 0.562. The van der Waals surface area contributed by atoms with E-state index >= 15 is 0 Å². The Morgan fingerprint density at radius 1 is 0.706 bits per heavy atom. The van der Waals surface area contributed by atoms with Crippen LogP contribution in [-0.2, 0) is 0 Å². The van der Waals surface area contributed by atoms with Crippen LogP contribution in [0, 0.1) is 0 Å². The zero-order valence-corrected chi connectivity index (χ0v) is 21.0. The Morgan fingerprint density at radius 3 is 1.18 bits per heavy atom. The van der Waals surface area contributed by atoms with Crippen molar-refractivity contribution in [3.63, 3.8) is 0 Å². The zero-order valence-electron chi connectivity index (χ0n) is 13.8. The molecular weight excluding hydrogens is 333 g/mol. The van der Waals surface area contributed by atoms with E-state index in [1.54, 1.807) is 0 Å². The summed E-state index contributed by atoms with van der Waals surface area (Å²) in [6.45, 7) is 25.5. The second kappa shape index (κ2) is 6.67. The molecule has 0 rings (SSSR count). The third kappa shape index (κ3) is 6.35. The molecule has 0 fully saturated rings. The van der Waals surface area contributed by atoms with E-state index in [0.717, 1.165) is 0 Å². The van der Waals surface area contributed by atoms with Gasteiger partial charge in [0.05, 0.1) is 0 Å². The van der Waals surface area contributed by atoms with Crippen LogP contribution < -0.4 is 0 Å². The predicted octanol–water partition coefficient (Wildman–Crippen LogP) is 2.23. The molecule has 0 spiro atoms. The second-order valence-electron chi connectivity index (χ2n) is 7.61. The molecule has 0 aromatic heterocycles. The molecule has 2 nitrogen and oxygen atoms in total. The fourth-order valence-corrected chi connectivity index (χ4v) is 33.8. The molecule has 0 aliphatic rings. The summed E-state index contributed by atoms with van der Waals surface area (Å²) in [5.41, 5.74) is 0. The van der Waals surface area contributed by atoms with E-state index in [2.05, 4.69) is 71.8 Å². The third-order valence-corrected chi connectivity index (χ3v) is 42.3. The molecule has 0 saturated heterocycles. The topological polar surface area (TPSA) is 6.48 Å². The molecule has 0 saturated carbocycles. The molecule has 0 aliphatic heterocycles. The summed E-state index contributed by atoms with van der Waals surface area (Å²) >= 11 is -0.650. The van der Waals surface area contributed by atoms with Crippen LogP contribution in [-0.4, -0.2) is 56.6 Å². The first kappa shape index (κ1) is 18.3. The van der Waals surface area contributed by atoms with E-state index in [1.807, 2.05) is 0 Å². The Balaban J connectivity index is 4.99. The summed E-state index contributed by atoms with van der Waals surface area (Å²) < 4.78 is 6.20. The maximum absolute atomic E-state index is 3.12. The van der Waals surface area contributed by atoms with Gasteiger partial charge in [-0.1, -0.05) is 0 Å². The summed E-state index contributed by atoms with van der Waals surface area (Å²) in [6, 6.07) is 0. The van der Waals surface area contributed by atoms with Crippen LogP contribution in [0.25, 0.3) is 0 Å². The summed E-state index contributed by atoms with van der Waals surface area (Å²) in [5.74, 6) is 0. The molecule has 0 aromatic rings. The van der Waals surface area contributed by atoms with Crippen molar-refractivity contribution in [3.8, 4) is 0 Å². The summed E-state index contributed by atoms with van der Waals surface area (Å²) in [5, 5.41) is 0. The van der Waals surface area contributed by atoms with Crippen LogP contribution in [0.5, 0.6) is 0 Å². The first-order chi connectivity index (χ1) is 7.37. The minimum atomic E-state index is -1.10. The van der Waals surface area contributed by atoms with Crippen LogP contribution in [0.1, 0.15) is 0 Å². The average Bonchev–Trinajstić information content (AvgIpc) is 1.96. The van der Waals surface area contributed by atoms with Gasteiger partial charge in [0, 0.05) is 0 Å². The zero-order chi connectivity index (χ0) is 14.0. The summed E-state index contributed by atoms with van der Waals surface area (Å²) in [7, 11) is -3.31. The van der Waals surface area contributed by atoms with Crippen molar-refractivity contribution in [2.24, 2.45) is 0 Å². The van der Waals surface area contributed by atoms with Crippen molar-refractivity contribution in [2.75, 3.05) is 0 Å². The fraction of sp³-hybridized carbons (Fsp3) is 1.00. The molecule has 0 radical (unpaired) electrons. The molecule has 0 aromatic carbocycles. The van der Waals surface area contributed by atoms with Gasteiger partial charge in [-0.15, -0.1) is 0 Å². The number of hydrogen-bond donors (Lipinski definition) is 0. The molecule has 0 bridgehead atoms. The quantitative estimate of drug-likeness (QED) is 0.665. The second-order valence-corrected chi connectivity index (χ2v) is 33.3. The summed E-state index contributed by atoms with van der Waals surface area (Å²) in [6.07, 6.45) is 0. The van der Waals surface area contributed by atoms with Gasteiger partial charge >= 0.3 is 122 Å². The van der Waals surface area contributed by atoms with Gasteiger partial charge in [-0.2, -0.15) is 0 Å². The van der Waals surface area contributed by atoms with E-state index in [9.17, 15) is 0 Å². The van der Waals surface area contributed by atoms with Gasteiger partial charge < -0.3 is 0 Å². The van der Waals surface area contributed by atoms with E-state index < -0.39 is 50.3 Å².